The maximum absolute atomic E-state index is 6.29. The second-order valence-electron chi connectivity index (χ2n) is 10.6. The van der Waals surface area contributed by atoms with Gasteiger partial charge in [-0.15, -0.1) is 33.2 Å². The summed E-state index contributed by atoms with van der Waals surface area (Å²) in [5.74, 6) is 0. The van der Waals surface area contributed by atoms with Gasteiger partial charge in [0.05, 0.1) is 0 Å². The van der Waals surface area contributed by atoms with Crippen LogP contribution >= 0.6 is 33.2 Å². The molecule has 0 aliphatic carbocycles. The fourth-order valence-electron chi connectivity index (χ4n) is 7.03. The van der Waals surface area contributed by atoms with Gasteiger partial charge in [-0.3, -0.25) is 0 Å². The molecule has 0 fully saturated rings. The number of halogens is 3. The molecule has 0 unspecified atom stereocenters. The summed E-state index contributed by atoms with van der Waals surface area (Å²) in [6.45, 7) is 31.0. The van der Waals surface area contributed by atoms with Crippen LogP contribution in [0.1, 0.15) is 89.5 Å². The van der Waals surface area contributed by atoms with Crippen LogP contribution in [0.4, 0.5) is 0 Å². The van der Waals surface area contributed by atoms with Gasteiger partial charge in [-0.25, -0.2) is 0 Å². The van der Waals surface area contributed by atoms with Crippen LogP contribution in [0.2, 0.25) is 39.3 Å². The number of hydrogen-bond donors (Lipinski definition) is 0. The highest BCUT2D eigenvalue weighted by molar-refractivity contribution is 7.64. The average molecular weight is 505 g/mol. The van der Waals surface area contributed by atoms with E-state index < -0.39 is 22.5 Å². The third-order valence-electron chi connectivity index (χ3n) is 7.33. The quantitative estimate of drug-likeness (QED) is 0.189. The molecule has 0 aromatic rings. The first kappa shape index (κ1) is 29.5. The normalized spacial score (nSPS) is 14.8. The molecule has 0 bridgehead atoms. The molecule has 0 saturated heterocycles. The van der Waals surface area contributed by atoms with Crippen molar-refractivity contribution in [2.75, 3.05) is 6.54 Å². The Kier molecular flexibility index (Phi) is 12.0. The molecule has 7 heteroatoms. The van der Waals surface area contributed by atoms with Gasteiger partial charge in [0, 0.05) is 0 Å². The molecule has 0 aromatic carbocycles. The van der Waals surface area contributed by atoms with Crippen molar-refractivity contribution in [1.29, 1.82) is 0 Å². The molecule has 1 nitrogen and oxygen atoms in total. The number of hydrogen-bond acceptors (Lipinski definition) is 1. The maximum Gasteiger partial charge on any atom is 0.341 e. The molecule has 0 aliphatic heterocycles. The van der Waals surface area contributed by atoms with Crippen molar-refractivity contribution in [2.45, 2.75) is 129 Å². The van der Waals surface area contributed by atoms with E-state index in [0.717, 1.165) is 19.0 Å². The molecular weight excluding hydrogens is 457 g/mol. The summed E-state index contributed by atoms with van der Waals surface area (Å²) in [4.78, 5) is 0. The van der Waals surface area contributed by atoms with Gasteiger partial charge in [-0.1, -0.05) is 83.1 Å². The molecule has 0 aromatic heterocycles. The predicted octanol–water partition coefficient (Wildman–Crippen LogP) is 9.68. The predicted molar refractivity (Wildman–Crippen MR) is 142 cm³/mol. The first-order chi connectivity index (χ1) is 12.5. The van der Waals surface area contributed by atoms with Gasteiger partial charge >= 0.3 is 6.00 Å². The van der Waals surface area contributed by atoms with E-state index in [-0.39, 0.29) is 0 Å². The highest BCUT2D eigenvalue weighted by Crippen LogP contribution is 2.53. The Labute approximate surface area is 194 Å². The van der Waals surface area contributed by atoms with Crippen LogP contribution in [0.5, 0.6) is 0 Å². The highest BCUT2D eigenvalue weighted by atomic mass is 35.8. The molecule has 0 N–H and O–H groups in total. The van der Waals surface area contributed by atoms with Crippen LogP contribution in [0.3, 0.4) is 0 Å². The van der Waals surface area contributed by atoms with Gasteiger partial charge in [0.15, 0.2) is 0 Å². The van der Waals surface area contributed by atoms with Crippen molar-refractivity contribution in [3.05, 3.63) is 0 Å². The molecule has 0 saturated carbocycles. The van der Waals surface area contributed by atoms with Crippen molar-refractivity contribution < 1.29 is 0 Å². The summed E-state index contributed by atoms with van der Waals surface area (Å²) in [5, 5.41) is 0. The first-order valence-electron chi connectivity index (χ1n) is 11.3. The van der Waals surface area contributed by atoms with E-state index in [1.54, 1.807) is 0 Å². The van der Waals surface area contributed by atoms with E-state index in [9.17, 15) is 0 Å². The Morgan fingerprint density at radius 3 is 0.964 bits per heavy atom. The van der Waals surface area contributed by atoms with Gasteiger partial charge < -0.3 is 4.23 Å². The SMILES string of the molecule is CC(C)[Si](C(C)C)(C(C)C)N(CCC[Si](Cl)(Cl)Cl)[Si](C(C)C)(C(C)C)C(C)C. The van der Waals surface area contributed by atoms with Crippen LogP contribution in [-0.2, 0) is 0 Å². The van der Waals surface area contributed by atoms with Crippen LogP contribution < -0.4 is 0 Å². The van der Waals surface area contributed by atoms with E-state index in [0.29, 0.717) is 33.2 Å². The van der Waals surface area contributed by atoms with Gasteiger partial charge in [-0.2, -0.15) is 0 Å². The lowest BCUT2D eigenvalue weighted by Gasteiger charge is -2.63. The number of rotatable bonds is 12. The fraction of sp³-hybridized carbons (Fsp3) is 1.00. The van der Waals surface area contributed by atoms with Crippen LogP contribution in [0.15, 0.2) is 0 Å². The van der Waals surface area contributed by atoms with E-state index in [1.807, 2.05) is 0 Å². The lowest BCUT2D eigenvalue weighted by Crippen LogP contribution is -2.74. The summed E-state index contributed by atoms with van der Waals surface area (Å²) in [7, 11) is -3.59. The second-order valence-corrected chi connectivity index (χ2v) is 31.9. The molecule has 170 valence electrons. The van der Waals surface area contributed by atoms with Gasteiger partial charge in [0.2, 0.25) is 0 Å². The number of nitrogens with zero attached hydrogens (tertiary/aromatic N) is 1. The monoisotopic (exact) mass is 503 g/mol. The van der Waals surface area contributed by atoms with Crippen molar-refractivity contribution >= 4 is 55.7 Å². The van der Waals surface area contributed by atoms with Crippen molar-refractivity contribution in [3.8, 4) is 0 Å². The molecule has 0 amide bonds. The first-order valence-corrected chi connectivity index (χ1v) is 20.9. The minimum absolute atomic E-state index is 0.709. The topological polar surface area (TPSA) is 3.24 Å². The van der Waals surface area contributed by atoms with E-state index in [1.165, 1.54) is 0 Å². The summed E-state index contributed by atoms with van der Waals surface area (Å²) >= 11 is 18.9. The van der Waals surface area contributed by atoms with Gasteiger partial charge in [0.1, 0.15) is 16.5 Å². The zero-order chi connectivity index (χ0) is 22.7. The third kappa shape index (κ3) is 6.04. The molecule has 28 heavy (non-hydrogen) atoms. The Hall–Kier alpha value is 1.48. The lowest BCUT2D eigenvalue weighted by atomic mass is 10.5. The highest BCUT2D eigenvalue weighted by Gasteiger charge is 2.59. The average Bonchev–Trinajstić information content (AvgIpc) is 2.43. The van der Waals surface area contributed by atoms with E-state index >= 15 is 0 Å². The summed E-state index contributed by atoms with van der Waals surface area (Å²) < 4.78 is 3.19. The zero-order valence-corrected chi connectivity index (χ0v) is 25.9. The van der Waals surface area contributed by atoms with Crippen LogP contribution in [0, 0.1) is 0 Å². The largest absolute Gasteiger partial charge is 0.344 e. The second kappa shape index (κ2) is 11.4. The molecule has 0 rings (SSSR count). The Balaban J connectivity index is 6.75. The Morgan fingerprint density at radius 1 is 0.536 bits per heavy atom. The van der Waals surface area contributed by atoms with Crippen molar-refractivity contribution in [3.63, 3.8) is 0 Å². The molecular formula is C21H48Cl3NSi3. The summed E-state index contributed by atoms with van der Waals surface area (Å²) in [6.07, 6.45) is 1.02. The van der Waals surface area contributed by atoms with E-state index in [4.69, 9.17) is 33.2 Å². The van der Waals surface area contributed by atoms with Gasteiger partial charge in [0.25, 0.3) is 0 Å². The van der Waals surface area contributed by atoms with Crippen molar-refractivity contribution in [2.24, 2.45) is 0 Å². The minimum Gasteiger partial charge on any atom is -0.344 e. The van der Waals surface area contributed by atoms with E-state index in [2.05, 4.69) is 87.3 Å². The molecule has 0 atom stereocenters. The standard InChI is InChI=1S/C21H48Cl3NSi3/c1-16(2)27(17(3)4,18(5)6)25(14-13-15-26(22,23)24)28(19(7)8,20(9)10)21(11)12/h16-21H,13-15H2,1-12H3. The fourth-order valence-corrected chi connectivity index (χ4v) is 29.0. The van der Waals surface area contributed by atoms with Crippen molar-refractivity contribution in [1.82, 2.24) is 4.23 Å². The molecule has 0 aliphatic rings. The lowest BCUT2D eigenvalue weighted by molar-refractivity contribution is 0.493. The third-order valence-corrected chi connectivity index (χ3v) is 25.7. The molecule has 0 radical (unpaired) electrons. The Bertz CT molecular complexity index is 385. The van der Waals surface area contributed by atoms with Crippen LogP contribution in [0.25, 0.3) is 0 Å². The summed E-state index contributed by atoms with van der Waals surface area (Å²) in [6, 6.07) is -1.82. The van der Waals surface area contributed by atoms with Gasteiger partial charge in [-0.05, 0) is 52.3 Å². The molecule has 0 heterocycles. The van der Waals surface area contributed by atoms with Crippen LogP contribution in [-0.4, -0.2) is 33.2 Å². The maximum atomic E-state index is 6.29. The molecule has 0 spiro atoms. The minimum atomic E-state index is -2.58. The Morgan fingerprint density at radius 2 is 0.786 bits per heavy atom. The zero-order valence-electron chi connectivity index (χ0n) is 20.7. The smallest absolute Gasteiger partial charge is 0.341 e. The summed E-state index contributed by atoms with van der Waals surface area (Å²) in [5.41, 5.74) is 4.25.